The van der Waals surface area contributed by atoms with E-state index in [1.54, 1.807) is 23.1 Å². The largest absolute Gasteiger partial charge is 0.354 e. The topological polar surface area (TPSA) is 32.3 Å². The third kappa shape index (κ3) is 5.96. The van der Waals surface area contributed by atoms with Crippen LogP contribution < -0.4 is 5.32 Å². The molecular weight excluding hydrogens is 336 g/mol. The summed E-state index contributed by atoms with van der Waals surface area (Å²) in [6.45, 7) is 6.98. The Hall–Kier alpha value is -1.30. The molecule has 0 saturated heterocycles. The monoisotopic (exact) mass is 362 g/mol. The van der Waals surface area contributed by atoms with Gasteiger partial charge in [0, 0.05) is 23.6 Å². The number of nitrogens with zero attached hydrogens (tertiary/aromatic N) is 1. The van der Waals surface area contributed by atoms with Crippen LogP contribution in [0.3, 0.4) is 0 Å². The minimum absolute atomic E-state index is 0.130. The summed E-state index contributed by atoms with van der Waals surface area (Å²) in [7, 11) is 0. The lowest BCUT2D eigenvalue weighted by atomic mass is 10.1. The van der Waals surface area contributed by atoms with Gasteiger partial charge in [0.1, 0.15) is 0 Å². The number of hydrogen-bond acceptors (Lipinski definition) is 4. The van der Waals surface area contributed by atoms with Gasteiger partial charge in [-0.1, -0.05) is 32.0 Å². The van der Waals surface area contributed by atoms with Crippen molar-refractivity contribution < 1.29 is 4.79 Å². The van der Waals surface area contributed by atoms with Crippen molar-refractivity contribution in [2.45, 2.75) is 31.2 Å². The zero-order valence-corrected chi connectivity index (χ0v) is 16.0. The van der Waals surface area contributed by atoms with Gasteiger partial charge in [-0.15, -0.1) is 11.8 Å². The summed E-state index contributed by atoms with van der Waals surface area (Å²) < 4.78 is 0. The van der Waals surface area contributed by atoms with Crippen LogP contribution in [-0.4, -0.2) is 36.2 Å². The Morgan fingerprint density at radius 1 is 1.21 bits per heavy atom. The van der Waals surface area contributed by atoms with Gasteiger partial charge in [-0.3, -0.25) is 9.69 Å². The van der Waals surface area contributed by atoms with E-state index in [0.29, 0.717) is 13.0 Å². The van der Waals surface area contributed by atoms with Gasteiger partial charge in [0.25, 0.3) is 0 Å². The molecule has 130 valence electrons. The molecule has 1 amide bonds. The standard InChI is InChI=1S/C19H26N2OS2/c1-3-21(4-2)18(16-10-12-23-15-16)14-20-19(22)11-13-24-17-8-6-5-7-9-17/h5-10,12,15,18H,3-4,11,13-14H2,1-2H3,(H,20,22). The molecule has 0 aliphatic rings. The minimum Gasteiger partial charge on any atom is -0.354 e. The molecule has 3 nitrogen and oxygen atoms in total. The van der Waals surface area contributed by atoms with Gasteiger partial charge in [-0.25, -0.2) is 0 Å². The first-order valence-corrected chi connectivity index (χ1v) is 10.4. The lowest BCUT2D eigenvalue weighted by molar-refractivity contribution is -0.120. The van der Waals surface area contributed by atoms with E-state index in [1.807, 2.05) is 18.2 Å². The molecule has 0 fully saturated rings. The Morgan fingerprint density at radius 2 is 1.96 bits per heavy atom. The van der Waals surface area contributed by atoms with E-state index in [9.17, 15) is 4.79 Å². The molecular formula is C19H26N2OS2. The predicted molar refractivity (Wildman–Crippen MR) is 105 cm³/mol. The van der Waals surface area contributed by atoms with Gasteiger partial charge in [-0.2, -0.15) is 11.3 Å². The number of thiophene rings is 1. The molecule has 0 spiro atoms. The highest BCUT2D eigenvalue weighted by Crippen LogP contribution is 2.22. The average molecular weight is 363 g/mol. The zero-order valence-electron chi connectivity index (χ0n) is 14.4. The van der Waals surface area contributed by atoms with E-state index < -0.39 is 0 Å². The van der Waals surface area contributed by atoms with Crippen LogP contribution in [0.2, 0.25) is 0 Å². The van der Waals surface area contributed by atoms with Gasteiger partial charge in [0.05, 0.1) is 6.04 Å². The SMILES string of the molecule is CCN(CC)C(CNC(=O)CCSc1ccccc1)c1ccsc1. The third-order valence-electron chi connectivity index (χ3n) is 4.01. The fraction of sp³-hybridized carbons (Fsp3) is 0.421. The summed E-state index contributed by atoms with van der Waals surface area (Å²) in [5.74, 6) is 0.940. The van der Waals surface area contributed by atoms with Crippen molar-refractivity contribution in [1.82, 2.24) is 10.2 Å². The molecule has 1 aromatic carbocycles. The quantitative estimate of drug-likeness (QED) is 0.635. The van der Waals surface area contributed by atoms with Crippen LogP contribution >= 0.6 is 23.1 Å². The minimum atomic E-state index is 0.130. The van der Waals surface area contributed by atoms with E-state index >= 15 is 0 Å². The van der Waals surface area contributed by atoms with Crippen molar-refractivity contribution in [3.05, 3.63) is 52.7 Å². The van der Waals surface area contributed by atoms with Crippen molar-refractivity contribution in [2.24, 2.45) is 0 Å². The molecule has 0 saturated carbocycles. The van der Waals surface area contributed by atoms with Gasteiger partial charge >= 0.3 is 0 Å². The molecule has 1 aromatic heterocycles. The Labute approximate surface area is 153 Å². The van der Waals surface area contributed by atoms with Crippen molar-refractivity contribution in [3.63, 3.8) is 0 Å². The zero-order chi connectivity index (χ0) is 17.2. The molecule has 0 radical (unpaired) electrons. The molecule has 24 heavy (non-hydrogen) atoms. The van der Waals surface area contributed by atoms with Crippen molar-refractivity contribution >= 4 is 29.0 Å². The lowest BCUT2D eigenvalue weighted by Crippen LogP contribution is -2.38. The maximum atomic E-state index is 12.2. The van der Waals surface area contributed by atoms with Gasteiger partial charge < -0.3 is 5.32 Å². The van der Waals surface area contributed by atoms with Crippen LogP contribution in [0.25, 0.3) is 0 Å². The lowest BCUT2D eigenvalue weighted by Gasteiger charge is -2.29. The van der Waals surface area contributed by atoms with Crippen molar-refractivity contribution in [2.75, 3.05) is 25.4 Å². The second kappa shape index (κ2) is 10.5. The molecule has 0 bridgehead atoms. The van der Waals surface area contributed by atoms with Crippen LogP contribution in [0.5, 0.6) is 0 Å². The summed E-state index contributed by atoms with van der Waals surface area (Å²) in [6.07, 6.45) is 0.550. The second-order valence-electron chi connectivity index (χ2n) is 5.51. The van der Waals surface area contributed by atoms with E-state index in [2.05, 4.69) is 53.0 Å². The third-order valence-corrected chi connectivity index (χ3v) is 5.73. The number of hydrogen-bond donors (Lipinski definition) is 1. The maximum Gasteiger partial charge on any atom is 0.220 e. The number of nitrogens with one attached hydrogen (secondary N) is 1. The molecule has 1 N–H and O–H groups in total. The average Bonchev–Trinajstić information content (AvgIpc) is 3.14. The van der Waals surface area contributed by atoms with Gasteiger partial charge in [0.2, 0.25) is 5.91 Å². The molecule has 5 heteroatoms. The summed E-state index contributed by atoms with van der Waals surface area (Å²) in [5, 5.41) is 7.40. The van der Waals surface area contributed by atoms with Crippen molar-refractivity contribution in [1.29, 1.82) is 0 Å². The molecule has 0 aliphatic carbocycles. The second-order valence-corrected chi connectivity index (χ2v) is 7.46. The maximum absolute atomic E-state index is 12.2. The number of benzene rings is 1. The first-order chi connectivity index (χ1) is 11.7. The molecule has 1 unspecified atom stereocenters. The molecule has 2 rings (SSSR count). The first kappa shape index (κ1) is 19.0. The fourth-order valence-corrected chi connectivity index (χ4v) is 4.24. The number of likely N-dealkylation sites (N-methyl/N-ethyl adjacent to an activating group) is 1. The van der Waals surface area contributed by atoms with Crippen LogP contribution in [0.1, 0.15) is 31.9 Å². The highest BCUT2D eigenvalue weighted by molar-refractivity contribution is 7.99. The summed E-state index contributed by atoms with van der Waals surface area (Å²) in [5.41, 5.74) is 1.29. The first-order valence-electron chi connectivity index (χ1n) is 8.45. The highest BCUT2D eigenvalue weighted by Gasteiger charge is 2.19. The molecule has 2 aromatic rings. The molecule has 0 aliphatic heterocycles. The van der Waals surface area contributed by atoms with E-state index in [4.69, 9.17) is 0 Å². The van der Waals surface area contributed by atoms with Gasteiger partial charge in [-0.05, 0) is 47.6 Å². The smallest absolute Gasteiger partial charge is 0.220 e. The van der Waals surface area contributed by atoms with E-state index in [0.717, 1.165) is 18.8 Å². The van der Waals surface area contributed by atoms with Crippen LogP contribution in [0.15, 0.2) is 52.1 Å². The number of carbonyl (C=O) groups excluding carboxylic acids is 1. The number of carbonyl (C=O) groups is 1. The van der Waals surface area contributed by atoms with Crippen LogP contribution in [0, 0.1) is 0 Å². The van der Waals surface area contributed by atoms with Crippen LogP contribution in [-0.2, 0) is 4.79 Å². The van der Waals surface area contributed by atoms with Gasteiger partial charge in [0.15, 0.2) is 0 Å². The van der Waals surface area contributed by atoms with E-state index in [-0.39, 0.29) is 11.9 Å². The van der Waals surface area contributed by atoms with E-state index in [1.165, 1.54) is 10.5 Å². The summed E-state index contributed by atoms with van der Waals surface area (Å²) >= 11 is 3.44. The molecule has 1 atom stereocenters. The Morgan fingerprint density at radius 3 is 2.58 bits per heavy atom. The Kier molecular flexibility index (Phi) is 8.36. The highest BCUT2D eigenvalue weighted by atomic mass is 32.2. The van der Waals surface area contributed by atoms with Crippen molar-refractivity contribution in [3.8, 4) is 0 Å². The summed E-state index contributed by atoms with van der Waals surface area (Å²) in [4.78, 5) is 15.8. The number of thioether (sulfide) groups is 1. The molecule has 1 heterocycles. The fourth-order valence-electron chi connectivity index (χ4n) is 2.66. The van der Waals surface area contributed by atoms with Crippen LogP contribution in [0.4, 0.5) is 0 Å². The summed E-state index contributed by atoms with van der Waals surface area (Å²) in [6, 6.07) is 12.6. The normalized spacial score (nSPS) is 12.3. The predicted octanol–water partition coefficient (Wildman–Crippen LogP) is 4.43. The Balaban J connectivity index is 1.79. The number of amides is 1. The Bertz CT molecular complexity index is 583. The number of rotatable bonds is 10.